The van der Waals surface area contributed by atoms with E-state index in [0.717, 1.165) is 21.7 Å². The highest BCUT2D eigenvalue weighted by molar-refractivity contribution is 7.13. The Morgan fingerprint density at radius 2 is 1.94 bits per heavy atom. The zero-order valence-electron chi connectivity index (χ0n) is 18.8. The number of hydrogen-bond donors (Lipinski definition) is 3. The molecule has 2 aromatic carbocycles. The van der Waals surface area contributed by atoms with Crippen LogP contribution >= 0.6 is 11.3 Å². The van der Waals surface area contributed by atoms with Gasteiger partial charge in [-0.2, -0.15) is 0 Å². The van der Waals surface area contributed by atoms with Crippen LogP contribution < -0.4 is 21.5 Å². The molecular weight excluding hydrogens is 438 g/mol. The molecule has 1 aliphatic heterocycles. The summed E-state index contributed by atoms with van der Waals surface area (Å²) in [6.45, 7) is 4.63. The van der Waals surface area contributed by atoms with E-state index in [1.165, 1.54) is 11.3 Å². The van der Waals surface area contributed by atoms with Gasteiger partial charge in [0.15, 0.2) is 5.01 Å². The second-order valence-corrected chi connectivity index (χ2v) is 9.27. The second-order valence-electron chi connectivity index (χ2n) is 8.24. The van der Waals surface area contributed by atoms with Crippen LogP contribution in [0.2, 0.25) is 0 Å². The van der Waals surface area contributed by atoms with E-state index in [1.54, 1.807) is 36.3 Å². The molecule has 0 bridgehead atoms. The third-order valence-corrected chi connectivity index (χ3v) is 6.93. The van der Waals surface area contributed by atoms with Gasteiger partial charge in [-0.25, -0.2) is 9.78 Å². The molecule has 0 radical (unpaired) electrons. The molecule has 3 amide bonds. The normalized spacial score (nSPS) is 15.3. The monoisotopic (exact) mass is 465 g/mol. The first-order valence-electron chi connectivity index (χ1n) is 10.7. The number of thiazole rings is 1. The molecule has 1 unspecified atom stereocenters. The fourth-order valence-electron chi connectivity index (χ4n) is 3.95. The number of anilines is 2. The molecule has 0 spiro atoms. The zero-order chi connectivity index (χ0) is 23.7. The molecule has 0 saturated heterocycles. The molecule has 0 aliphatic carbocycles. The van der Waals surface area contributed by atoms with Crippen LogP contribution in [-0.4, -0.2) is 35.5 Å². The number of urea groups is 1. The minimum atomic E-state index is -0.578. The smallest absolute Gasteiger partial charge is 0.322 e. The van der Waals surface area contributed by atoms with Gasteiger partial charge in [0.2, 0.25) is 0 Å². The van der Waals surface area contributed by atoms with Gasteiger partial charge in [0, 0.05) is 29.9 Å². The van der Waals surface area contributed by atoms with Gasteiger partial charge < -0.3 is 26.4 Å². The highest BCUT2D eigenvalue weighted by Crippen LogP contribution is 2.41. The quantitative estimate of drug-likeness (QED) is 0.489. The Balaban J connectivity index is 1.76. The van der Waals surface area contributed by atoms with Gasteiger partial charge in [-0.15, -0.1) is 11.3 Å². The number of hydrogen-bond acceptors (Lipinski definition) is 6. The number of nitrogens with two attached hydrogens (primary N) is 2. The SMILES string of the molecule is COc1ccc(NC(=O)N2CCc3nc(C(N)=O)sc3C2c2cc(C(C)C)ccc2N)cc1. The lowest BCUT2D eigenvalue weighted by atomic mass is 9.92. The molecule has 0 saturated carbocycles. The summed E-state index contributed by atoms with van der Waals surface area (Å²) in [5, 5.41) is 3.20. The molecule has 9 heteroatoms. The molecule has 0 fully saturated rings. The van der Waals surface area contributed by atoms with Crippen LogP contribution in [0, 0.1) is 0 Å². The van der Waals surface area contributed by atoms with Gasteiger partial charge in [-0.3, -0.25) is 4.79 Å². The van der Waals surface area contributed by atoms with Crippen molar-refractivity contribution in [2.75, 3.05) is 24.7 Å². The number of aromatic nitrogens is 1. The Morgan fingerprint density at radius 1 is 1.21 bits per heavy atom. The number of methoxy groups -OCH3 is 1. The lowest BCUT2D eigenvalue weighted by Crippen LogP contribution is -2.42. The number of rotatable bonds is 5. The molecule has 1 atom stereocenters. The molecule has 4 rings (SSSR count). The van der Waals surface area contributed by atoms with Crippen molar-refractivity contribution in [3.63, 3.8) is 0 Å². The first-order chi connectivity index (χ1) is 15.8. The summed E-state index contributed by atoms with van der Waals surface area (Å²) < 4.78 is 5.19. The maximum absolute atomic E-state index is 13.4. The van der Waals surface area contributed by atoms with Crippen LogP contribution in [0.3, 0.4) is 0 Å². The summed E-state index contributed by atoms with van der Waals surface area (Å²) in [6, 6.07) is 12.3. The number of ether oxygens (including phenoxy) is 1. The van der Waals surface area contributed by atoms with Crippen molar-refractivity contribution in [2.24, 2.45) is 5.73 Å². The standard InChI is InChI=1S/C24H27N5O3S/c1-13(2)14-4-9-18(25)17(12-14)20-21-19(28-23(33-21)22(26)30)10-11-29(20)24(31)27-15-5-7-16(32-3)8-6-15/h4-9,12-13,20H,10-11,25H2,1-3H3,(H2,26,30)(H,27,31). The lowest BCUT2D eigenvalue weighted by molar-refractivity contribution is 0.0999. The van der Waals surface area contributed by atoms with Crippen LogP contribution in [0.1, 0.15) is 57.3 Å². The van der Waals surface area contributed by atoms with Gasteiger partial charge in [0.25, 0.3) is 5.91 Å². The largest absolute Gasteiger partial charge is 0.497 e. The molecule has 3 aromatic rings. The first kappa shape index (κ1) is 22.6. The summed E-state index contributed by atoms with van der Waals surface area (Å²) >= 11 is 1.22. The summed E-state index contributed by atoms with van der Waals surface area (Å²) in [7, 11) is 1.59. The van der Waals surface area contributed by atoms with Crippen molar-refractivity contribution in [3.8, 4) is 5.75 Å². The van der Waals surface area contributed by atoms with Crippen LogP contribution in [0.5, 0.6) is 5.75 Å². The number of nitrogens with one attached hydrogen (secondary N) is 1. The van der Waals surface area contributed by atoms with Crippen LogP contribution in [-0.2, 0) is 6.42 Å². The number of carbonyl (C=O) groups excluding carboxylic acids is 2. The summed E-state index contributed by atoms with van der Waals surface area (Å²) in [5.41, 5.74) is 15.8. The van der Waals surface area contributed by atoms with Crippen molar-refractivity contribution in [1.82, 2.24) is 9.88 Å². The Morgan fingerprint density at radius 3 is 2.58 bits per heavy atom. The maximum Gasteiger partial charge on any atom is 0.322 e. The van der Waals surface area contributed by atoms with E-state index in [4.69, 9.17) is 16.2 Å². The summed E-state index contributed by atoms with van der Waals surface area (Å²) in [5.74, 6) is 0.415. The van der Waals surface area contributed by atoms with E-state index in [1.807, 2.05) is 18.2 Å². The number of benzene rings is 2. The van der Waals surface area contributed by atoms with E-state index in [-0.39, 0.29) is 17.0 Å². The summed E-state index contributed by atoms with van der Waals surface area (Å²) in [6.07, 6.45) is 0.523. The minimum Gasteiger partial charge on any atom is -0.497 e. The third-order valence-electron chi connectivity index (χ3n) is 5.76. The van der Waals surface area contributed by atoms with Crippen LogP contribution in [0.25, 0.3) is 0 Å². The van der Waals surface area contributed by atoms with Crippen molar-refractivity contribution < 1.29 is 14.3 Å². The summed E-state index contributed by atoms with van der Waals surface area (Å²) in [4.78, 5) is 32.2. The minimum absolute atomic E-state index is 0.237. The lowest BCUT2D eigenvalue weighted by Gasteiger charge is -2.36. The third kappa shape index (κ3) is 4.49. The van der Waals surface area contributed by atoms with Gasteiger partial charge in [0.05, 0.1) is 23.7 Å². The van der Waals surface area contributed by atoms with Gasteiger partial charge >= 0.3 is 6.03 Å². The van der Waals surface area contributed by atoms with E-state index in [2.05, 4.69) is 24.1 Å². The zero-order valence-corrected chi connectivity index (χ0v) is 19.6. The second kappa shape index (κ2) is 9.11. The van der Waals surface area contributed by atoms with Gasteiger partial charge in [-0.1, -0.05) is 26.0 Å². The molecule has 172 valence electrons. The van der Waals surface area contributed by atoms with Gasteiger partial charge in [-0.05, 0) is 41.8 Å². The number of amides is 3. The molecule has 8 nitrogen and oxygen atoms in total. The fraction of sp³-hybridized carbons (Fsp3) is 0.292. The number of primary amides is 1. The highest BCUT2D eigenvalue weighted by atomic mass is 32.1. The predicted octanol–water partition coefficient (Wildman–Crippen LogP) is 4.14. The number of nitrogens with zero attached hydrogens (tertiary/aromatic N) is 2. The Labute approximate surface area is 196 Å². The number of nitrogen functional groups attached to an aromatic ring is 1. The topological polar surface area (TPSA) is 124 Å². The van der Waals surface area contributed by atoms with Crippen molar-refractivity contribution in [1.29, 1.82) is 0 Å². The Hall–Kier alpha value is -3.59. The molecule has 2 heterocycles. The Bertz CT molecular complexity index is 1190. The van der Waals surface area contributed by atoms with Crippen molar-refractivity contribution in [2.45, 2.75) is 32.2 Å². The average molecular weight is 466 g/mol. The van der Waals surface area contributed by atoms with E-state index >= 15 is 0 Å². The van der Waals surface area contributed by atoms with E-state index in [0.29, 0.717) is 30.1 Å². The van der Waals surface area contributed by atoms with Crippen LogP contribution in [0.15, 0.2) is 42.5 Å². The maximum atomic E-state index is 13.4. The molecular formula is C24H27N5O3S. The molecule has 1 aliphatic rings. The van der Waals surface area contributed by atoms with Crippen molar-refractivity contribution in [3.05, 3.63) is 69.2 Å². The molecule has 33 heavy (non-hydrogen) atoms. The predicted molar refractivity (Wildman–Crippen MR) is 130 cm³/mol. The number of carbonyl (C=O) groups is 2. The molecule has 5 N–H and O–H groups in total. The highest BCUT2D eigenvalue weighted by Gasteiger charge is 2.36. The fourth-order valence-corrected chi connectivity index (χ4v) is 5.04. The Kier molecular flexibility index (Phi) is 6.24. The first-order valence-corrected chi connectivity index (χ1v) is 11.5. The van der Waals surface area contributed by atoms with E-state index in [9.17, 15) is 9.59 Å². The van der Waals surface area contributed by atoms with Crippen LogP contribution in [0.4, 0.5) is 16.2 Å². The van der Waals surface area contributed by atoms with Gasteiger partial charge in [0.1, 0.15) is 5.75 Å². The average Bonchev–Trinajstić information content (AvgIpc) is 3.24. The number of fused-ring (bicyclic) bond motifs is 1. The van der Waals surface area contributed by atoms with Crippen molar-refractivity contribution >= 4 is 34.6 Å². The van der Waals surface area contributed by atoms with E-state index < -0.39 is 11.9 Å². The molecule has 1 aromatic heterocycles.